The van der Waals surface area contributed by atoms with Gasteiger partial charge in [-0.15, -0.1) is 12.4 Å². The zero-order valence-electron chi connectivity index (χ0n) is 11.5. The first-order valence-electron chi connectivity index (χ1n) is 6.42. The quantitative estimate of drug-likeness (QED) is 0.837. The number of nitrogens with zero attached hydrogens (tertiary/aromatic N) is 2. The maximum atomic E-state index is 10.7. The average molecular weight is 301 g/mol. The second-order valence-corrected chi connectivity index (χ2v) is 5.12. The van der Waals surface area contributed by atoms with Gasteiger partial charge in [0.05, 0.1) is 12.6 Å². The first kappa shape index (κ1) is 16.9. The fourth-order valence-corrected chi connectivity index (χ4v) is 2.58. The number of carbonyl (C=O) groups is 1. The Balaban J connectivity index is 0.00000200. The van der Waals surface area contributed by atoms with E-state index in [0.29, 0.717) is 13.1 Å². The van der Waals surface area contributed by atoms with Crippen molar-refractivity contribution in [2.24, 2.45) is 0 Å². The van der Waals surface area contributed by atoms with Crippen LogP contribution in [0.4, 0.5) is 0 Å². The van der Waals surface area contributed by atoms with Gasteiger partial charge in [0.2, 0.25) is 0 Å². The van der Waals surface area contributed by atoms with Crippen molar-refractivity contribution >= 4 is 18.4 Å². The Labute approximate surface area is 125 Å². The maximum Gasteiger partial charge on any atom is 0.317 e. The molecule has 2 rings (SSSR count). The molecule has 1 aliphatic heterocycles. The molecule has 0 amide bonds. The van der Waals surface area contributed by atoms with Crippen LogP contribution >= 0.6 is 12.4 Å². The second-order valence-electron chi connectivity index (χ2n) is 5.12. The number of likely N-dealkylation sites (tertiary alicyclic amines) is 1. The van der Waals surface area contributed by atoms with Crippen LogP contribution in [-0.4, -0.2) is 64.8 Å². The maximum absolute atomic E-state index is 10.7. The molecule has 6 heteroatoms. The average Bonchev–Trinajstić information content (AvgIpc) is 2.70. The highest BCUT2D eigenvalue weighted by Crippen LogP contribution is 2.17. The molecule has 1 aromatic rings. The van der Waals surface area contributed by atoms with Crippen molar-refractivity contribution in [1.82, 2.24) is 9.80 Å². The molecule has 0 bridgehead atoms. The highest BCUT2D eigenvalue weighted by Gasteiger charge is 2.34. The number of likely N-dealkylation sites (N-methyl/N-ethyl adjacent to an activating group) is 1. The lowest BCUT2D eigenvalue weighted by molar-refractivity contribution is -0.138. The summed E-state index contributed by atoms with van der Waals surface area (Å²) in [5.41, 5.74) is 1.20. The minimum Gasteiger partial charge on any atom is -0.480 e. The minimum atomic E-state index is -0.865. The van der Waals surface area contributed by atoms with E-state index in [0.717, 1.165) is 6.54 Å². The van der Waals surface area contributed by atoms with Crippen LogP contribution in [0.3, 0.4) is 0 Å². The van der Waals surface area contributed by atoms with Gasteiger partial charge in [-0.2, -0.15) is 0 Å². The number of aliphatic carboxylic acids is 1. The monoisotopic (exact) mass is 300 g/mol. The smallest absolute Gasteiger partial charge is 0.317 e. The number of carboxylic acid groups (broad SMARTS) is 1. The van der Waals surface area contributed by atoms with Crippen LogP contribution in [0.2, 0.25) is 0 Å². The summed E-state index contributed by atoms with van der Waals surface area (Å²) >= 11 is 0. The third kappa shape index (κ3) is 4.45. The van der Waals surface area contributed by atoms with Crippen molar-refractivity contribution in [2.45, 2.75) is 18.7 Å². The van der Waals surface area contributed by atoms with Gasteiger partial charge in [0.15, 0.2) is 0 Å². The molecule has 5 nitrogen and oxygen atoms in total. The number of aliphatic hydroxyl groups excluding tert-OH is 1. The van der Waals surface area contributed by atoms with Crippen molar-refractivity contribution < 1.29 is 15.0 Å². The predicted octanol–water partition coefficient (Wildman–Crippen LogP) is 0.670. The van der Waals surface area contributed by atoms with Crippen molar-refractivity contribution in [3.8, 4) is 0 Å². The minimum absolute atomic E-state index is 0. The largest absolute Gasteiger partial charge is 0.480 e. The van der Waals surface area contributed by atoms with Gasteiger partial charge in [-0.25, -0.2) is 0 Å². The topological polar surface area (TPSA) is 64.0 Å². The Kier molecular flexibility index (Phi) is 6.42. The zero-order valence-corrected chi connectivity index (χ0v) is 12.3. The van der Waals surface area contributed by atoms with Crippen LogP contribution in [0.1, 0.15) is 5.56 Å². The van der Waals surface area contributed by atoms with E-state index < -0.39 is 12.1 Å². The fraction of sp³-hybridized carbons (Fsp3) is 0.500. The Morgan fingerprint density at radius 2 is 2.00 bits per heavy atom. The molecule has 0 aromatic heterocycles. The van der Waals surface area contributed by atoms with Crippen LogP contribution in [0.25, 0.3) is 0 Å². The Morgan fingerprint density at radius 3 is 2.60 bits per heavy atom. The van der Waals surface area contributed by atoms with Gasteiger partial charge in [-0.3, -0.25) is 14.6 Å². The summed E-state index contributed by atoms with van der Waals surface area (Å²) in [5.74, 6) is -0.865. The molecule has 112 valence electrons. The molecule has 0 spiro atoms. The van der Waals surface area contributed by atoms with Gasteiger partial charge in [-0.05, 0) is 12.6 Å². The molecule has 1 heterocycles. The summed E-state index contributed by atoms with van der Waals surface area (Å²) in [4.78, 5) is 14.6. The second kappa shape index (κ2) is 7.59. The Bertz CT molecular complexity index is 430. The molecule has 1 aromatic carbocycles. The number of rotatable bonds is 5. The number of carboxylic acids is 1. The number of β-amino-alcohol motifs (C(OH)–C–C–N with tert-alkyl or cyclic N) is 1. The normalized spacial score (nSPS) is 22.8. The van der Waals surface area contributed by atoms with Gasteiger partial charge in [0.1, 0.15) is 0 Å². The zero-order chi connectivity index (χ0) is 13.8. The van der Waals surface area contributed by atoms with Crippen molar-refractivity contribution in [1.29, 1.82) is 0 Å². The summed E-state index contributed by atoms with van der Waals surface area (Å²) in [6.45, 7) is 2.03. The summed E-state index contributed by atoms with van der Waals surface area (Å²) < 4.78 is 0. The van der Waals surface area contributed by atoms with Gasteiger partial charge in [-0.1, -0.05) is 30.3 Å². The molecule has 1 fully saturated rings. The van der Waals surface area contributed by atoms with Crippen LogP contribution in [0, 0.1) is 0 Å². The molecular formula is C14H21ClN2O3. The van der Waals surface area contributed by atoms with E-state index in [9.17, 15) is 9.90 Å². The molecule has 2 atom stereocenters. The molecule has 0 radical (unpaired) electrons. The summed E-state index contributed by atoms with van der Waals surface area (Å²) in [7, 11) is 1.74. The Morgan fingerprint density at radius 1 is 1.35 bits per heavy atom. The first-order chi connectivity index (χ1) is 9.06. The van der Waals surface area contributed by atoms with Crippen LogP contribution in [0.15, 0.2) is 30.3 Å². The summed E-state index contributed by atoms with van der Waals surface area (Å²) in [6, 6.07) is 9.97. The number of halogens is 1. The van der Waals surface area contributed by atoms with E-state index >= 15 is 0 Å². The van der Waals surface area contributed by atoms with Crippen LogP contribution < -0.4 is 0 Å². The standard InChI is InChI=1S/C14H20N2O3.ClH/c1-15(10-14(18)19)12-8-16(9-13(12)17)7-11-5-3-2-4-6-11;/h2-6,12-13,17H,7-10H2,1H3,(H,18,19);1H/t12?,13-;/m1./s1. The predicted molar refractivity (Wildman–Crippen MR) is 79.0 cm³/mol. The molecule has 0 saturated carbocycles. The number of benzene rings is 1. The number of aliphatic hydroxyl groups is 1. The lowest BCUT2D eigenvalue weighted by Crippen LogP contribution is -2.43. The van der Waals surface area contributed by atoms with Crippen LogP contribution in [0.5, 0.6) is 0 Å². The van der Waals surface area contributed by atoms with E-state index in [1.54, 1.807) is 11.9 Å². The van der Waals surface area contributed by atoms with E-state index in [4.69, 9.17) is 5.11 Å². The van der Waals surface area contributed by atoms with E-state index in [1.165, 1.54) is 5.56 Å². The van der Waals surface area contributed by atoms with Gasteiger partial charge in [0, 0.05) is 25.7 Å². The molecule has 1 aliphatic rings. The molecule has 0 aliphatic carbocycles. The first-order valence-corrected chi connectivity index (χ1v) is 6.42. The van der Waals surface area contributed by atoms with E-state index in [2.05, 4.69) is 17.0 Å². The number of hydrogen-bond donors (Lipinski definition) is 2. The summed E-state index contributed by atoms with van der Waals surface area (Å²) in [6.07, 6.45) is -0.493. The molecule has 1 unspecified atom stereocenters. The lowest BCUT2D eigenvalue weighted by atomic mass is 10.2. The van der Waals surface area contributed by atoms with E-state index in [-0.39, 0.29) is 25.0 Å². The van der Waals surface area contributed by atoms with Gasteiger partial charge < -0.3 is 10.2 Å². The van der Waals surface area contributed by atoms with Gasteiger partial charge in [0.25, 0.3) is 0 Å². The summed E-state index contributed by atoms with van der Waals surface area (Å²) in [5, 5.41) is 18.8. The highest BCUT2D eigenvalue weighted by molar-refractivity contribution is 5.85. The molecule has 20 heavy (non-hydrogen) atoms. The fourth-order valence-electron chi connectivity index (χ4n) is 2.58. The Hall–Kier alpha value is -1.14. The third-order valence-electron chi connectivity index (χ3n) is 3.53. The third-order valence-corrected chi connectivity index (χ3v) is 3.53. The van der Waals surface area contributed by atoms with Crippen molar-refractivity contribution in [3.05, 3.63) is 35.9 Å². The molecular weight excluding hydrogens is 280 g/mol. The number of hydrogen-bond acceptors (Lipinski definition) is 4. The van der Waals surface area contributed by atoms with E-state index in [1.807, 2.05) is 18.2 Å². The molecule has 1 saturated heterocycles. The highest BCUT2D eigenvalue weighted by atomic mass is 35.5. The van der Waals surface area contributed by atoms with Crippen molar-refractivity contribution in [2.75, 3.05) is 26.7 Å². The molecule has 2 N–H and O–H groups in total. The SMILES string of the molecule is CN(CC(=O)O)C1CN(Cc2ccccc2)C[C@H]1O.Cl. The van der Waals surface area contributed by atoms with Crippen LogP contribution in [-0.2, 0) is 11.3 Å². The lowest BCUT2D eigenvalue weighted by Gasteiger charge is -2.24. The van der Waals surface area contributed by atoms with Gasteiger partial charge >= 0.3 is 5.97 Å². The van der Waals surface area contributed by atoms with Crippen molar-refractivity contribution in [3.63, 3.8) is 0 Å².